The molecule has 0 spiro atoms. The van der Waals surface area contributed by atoms with Crippen LogP contribution in [0, 0.1) is 127 Å². The molecule has 4 aliphatic carbocycles. The van der Waals surface area contributed by atoms with E-state index in [1.165, 1.54) is 17.4 Å². The third-order valence-electron chi connectivity index (χ3n) is 3.66. The summed E-state index contributed by atoms with van der Waals surface area (Å²) < 4.78 is 0. The standard InChI is InChI=1S/C15H14S.2C5H5.2Fe/c1-12(13-7-3-4-8-13)15(11-16-2)14-9-5-6-10-14;2*1-2-4-5-3-1;;/h3-11H,1H2,2H3;2*1-5H;;/q;;;2*+2/b15-11+;;;;. The SMILES string of the molecule is C=C([C]1[CH][CH][CH][CH]1)/C(=C\SC)[C]1[CH][CH][CH][CH]1.[CH]1[CH][CH][CH][CH]1.[CH]1[CH][CH][CH][CH]1.[Fe+2].[Fe+2]. The first-order chi connectivity index (χ1) is 12.8. The second-order valence-corrected chi connectivity index (χ2v) is 6.22. The van der Waals surface area contributed by atoms with E-state index in [0.717, 1.165) is 5.57 Å². The fourth-order valence-corrected chi connectivity index (χ4v) is 2.87. The Hall–Kier alpha value is 0.869. The molecule has 0 aromatic rings. The fraction of sp³-hybridized carbons (Fsp3) is 0.0400. The van der Waals surface area contributed by atoms with E-state index in [2.05, 4.69) is 56.8 Å². The van der Waals surface area contributed by atoms with Gasteiger partial charge in [-0.3, -0.25) is 0 Å². The van der Waals surface area contributed by atoms with Crippen molar-refractivity contribution < 1.29 is 34.1 Å². The Balaban J connectivity index is 0.000000500. The van der Waals surface area contributed by atoms with Crippen molar-refractivity contribution in [1.82, 2.24) is 0 Å². The van der Waals surface area contributed by atoms with Crippen molar-refractivity contribution >= 4 is 11.8 Å². The van der Waals surface area contributed by atoms with Crippen LogP contribution in [-0.2, 0) is 34.1 Å². The second-order valence-electron chi connectivity index (χ2n) is 5.52. The van der Waals surface area contributed by atoms with Crippen LogP contribution in [0.3, 0.4) is 0 Å². The normalized spacial score (nSPS) is 22.4. The molecule has 0 amide bonds. The van der Waals surface area contributed by atoms with Gasteiger partial charge in [-0.25, -0.2) is 0 Å². The van der Waals surface area contributed by atoms with Gasteiger partial charge in [0.1, 0.15) is 0 Å². The first-order valence-electron chi connectivity index (χ1n) is 8.52. The van der Waals surface area contributed by atoms with Crippen molar-refractivity contribution in [1.29, 1.82) is 0 Å². The van der Waals surface area contributed by atoms with Crippen molar-refractivity contribution in [2.75, 3.05) is 6.26 Å². The minimum atomic E-state index is 0. The summed E-state index contributed by atoms with van der Waals surface area (Å²) in [5.41, 5.74) is 2.30. The van der Waals surface area contributed by atoms with Gasteiger partial charge in [0.25, 0.3) is 0 Å². The van der Waals surface area contributed by atoms with Gasteiger partial charge >= 0.3 is 34.1 Å². The van der Waals surface area contributed by atoms with Crippen LogP contribution < -0.4 is 0 Å². The van der Waals surface area contributed by atoms with Crippen LogP contribution in [0.5, 0.6) is 0 Å². The van der Waals surface area contributed by atoms with E-state index in [9.17, 15) is 0 Å². The third-order valence-corrected chi connectivity index (χ3v) is 4.13. The molecule has 4 aliphatic rings. The van der Waals surface area contributed by atoms with Gasteiger partial charge in [-0.05, 0) is 138 Å². The molecule has 0 aromatic heterocycles. The molecule has 0 aromatic carbocycles. The zero-order chi connectivity index (χ0) is 18.5. The Morgan fingerprint density at radius 1 is 0.607 bits per heavy atom. The van der Waals surface area contributed by atoms with Gasteiger partial charge in [-0.1, -0.05) is 6.58 Å². The van der Waals surface area contributed by atoms with Crippen LogP contribution in [0.4, 0.5) is 0 Å². The predicted molar refractivity (Wildman–Crippen MR) is 115 cm³/mol. The van der Waals surface area contributed by atoms with Crippen LogP contribution in [0.15, 0.2) is 23.1 Å². The average molecular weight is 468 g/mol. The first-order valence-corrected chi connectivity index (χ1v) is 9.81. The number of rotatable bonds is 4. The molecule has 142 valence electrons. The van der Waals surface area contributed by atoms with Crippen LogP contribution in [0.2, 0.25) is 0 Å². The zero-order valence-electron chi connectivity index (χ0n) is 15.8. The largest absolute Gasteiger partial charge is 2.00 e. The van der Waals surface area contributed by atoms with E-state index in [4.69, 9.17) is 0 Å². The van der Waals surface area contributed by atoms with E-state index in [1.807, 2.05) is 77.0 Å². The Bertz CT molecular complexity index is 374. The first kappa shape index (κ1) is 28.9. The van der Waals surface area contributed by atoms with E-state index in [-0.39, 0.29) is 34.1 Å². The van der Waals surface area contributed by atoms with Gasteiger partial charge in [0.05, 0.1) is 0 Å². The molecule has 0 saturated heterocycles. The average Bonchev–Trinajstić information content (AvgIpc) is 3.50. The number of thioether (sulfide) groups is 1. The van der Waals surface area contributed by atoms with Crippen LogP contribution in [0.1, 0.15) is 0 Å². The molecule has 4 saturated carbocycles. The molecule has 0 bridgehead atoms. The topological polar surface area (TPSA) is 0 Å². The monoisotopic (exact) mass is 468 g/mol. The quantitative estimate of drug-likeness (QED) is 0.381. The molecule has 20 radical (unpaired) electrons. The maximum atomic E-state index is 4.19. The Morgan fingerprint density at radius 2 is 0.929 bits per heavy atom. The summed E-state index contributed by atoms with van der Waals surface area (Å²) in [6.45, 7) is 4.19. The molecule has 28 heavy (non-hydrogen) atoms. The van der Waals surface area contributed by atoms with E-state index < -0.39 is 0 Å². The summed E-state index contributed by atoms with van der Waals surface area (Å²) in [6.07, 6.45) is 38.7. The van der Waals surface area contributed by atoms with Crippen molar-refractivity contribution in [2.24, 2.45) is 0 Å². The smallest absolute Gasteiger partial charge is 0.137 e. The molecule has 3 heteroatoms. The molecule has 0 nitrogen and oxygen atoms in total. The summed E-state index contributed by atoms with van der Waals surface area (Å²) >= 11 is 1.71. The maximum Gasteiger partial charge on any atom is 2.00 e. The molecule has 4 fully saturated rings. The molecule has 0 atom stereocenters. The Morgan fingerprint density at radius 3 is 1.25 bits per heavy atom. The van der Waals surface area contributed by atoms with Crippen molar-refractivity contribution in [2.45, 2.75) is 0 Å². The Kier molecular flexibility index (Phi) is 19.2. The van der Waals surface area contributed by atoms with E-state index in [1.54, 1.807) is 11.8 Å². The minimum Gasteiger partial charge on any atom is -0.137 e. The van der Waals surface area contributed by atoms with Gasteiger partial charge in [0.15, 0.2) is 0 Å². The number of hydrogen-bond donors (Lipinski definition) is 0. The van der Waals surface area contributed by atoms with Crippen molar-refractivity contribution in [3.8, 4) is 0 Å². The van der Waals surface area contributed by atoms with E-state index >= 15 is 0 Å². The van der Waals surface area contributed by atoms with Crippen molar-refractivity contribution in [3.63, 3.8) is 0 Å². The molecule has 0 unspecified atom stereocenters. The van der Waals surface area contributed by atoms with Crippen LogP contribution >= 0.6 is 11.8 Å². The second kappa shape index (κ2) is 18.6. The number of allylic oxidation sites excluding steroid dienone is 2. The summed E-state index contributed by atoms with van der Waals surface area (Å²) in [4.78, 5) is 0. The third kappa shape index (κ3) is 11.3. The van der Waals surface area contributed by atoms with Gasteiger partial charge in [0, 0.05) is 11.8 Å². The molecular weight excluding hydrogens is 444 g/mol. The van der Waals surface area contributed by atoms with Crippen LogP contribution in [-0.4, -0.2) is 6.26 Å². The molecule has 0 aliphatic heterocycles. The van der Waals surface area contributed by atoms with Gasteiger partial charge < -0.3 is 0 Å². The van der Waals surface area contributed by atoms with Gasteiger partial charge in [0.2, 0.25) is 0 Å². The predicted octanol–water partition coefficient (Wildman–Crippen LogP) is 5.64. The number of hydrogen-bond acceptors (Lipinski definition) is 1. The minimum absolute atomic E-state index is 0. The summed E-state index contributed by atoms with van der Waals surface area (Å²) in [6, 6.07) is 0. The summed E-state index contributed by atoms with van der Waals surface area (Å²) in [7, 11) is 0. The summed E-state index contributed by atoms with van der Waals surface area (Å²) in [5, 5.41) is 2.16. The van der Waals surface area contributed by atoms with E-state index in [0.29, 0.717) is 0 Å². The maximum absolute atomic E-state index is 4.19. The molecule has 0 heterocycles. The molecule has 4 rings (SSSR count). The van der Waals surface area contributed by atoms with Crippen molar-refractivity contribution in [3.05, 3.63) is 151 Å². The fourth-order valence-electron chi connectivity index (χ4n) is 2.36. The molecule has 0 N–H and O–H groups in total. The Labute approximate surface area is 201 Å². The van der Waals surface area contributed by atoms with Crippen LogP contribution in [0.25, 0.3) is 0 Å². The van der Waals surface area contributed by atoms with Gasteiger partial charge in [-0.15, -0.1) is 11.8 Å². The summed E-state index contributed by atoms with van der Waals surface area (Å²) in [5.74, 6) is 2.43. The zero-order valence-corrected chi connectivity index (χ0v) is 18.8. The van der Waals surface area contributed by atoms with Gasteiger partial charge in [-0.2, -0.15) is 0 Å². The molecular formula is C25H24Fe2S+4.